The van der Waals surface area contributed by atoms with Crippen LogP contribution in [-0.4, -0.2) is 20.2 Å². The van der Waals surface area contributed by atoms with Crippen molar-refractivity contribution in [3.05, 3.63) is 18.5 Å². The third-order valence-electron chi connectivity index (χ3n) is 1.27. The normalized spacial score (nSPS) is 10.2. The quantitative estimate of drug-likeness (QED) is 0.567. The molecule has 0 aromatic carbocycles. The van der Waals surface area contributed by atoms with Crippen LogP contribution in [0.15, 0.2) is 18.5 Å². The number of fused-ring (bicyclic) bond motifs is 1. The van der Waals surface area contributed by atoms with Gasteiger partial charge in [-0.1, -0.05) is 0 Å². The van der Waals surface area contributed by atoms with Gasteiger partial charge >= 0.3 is 0 Å². The minimum absolute atomic E-state index is 0.184. The van der Waals surface area contributed by atoms with Crippen LogP contribution in [0.5, 0.6) is 0 Å². The first-order valence-electron chi connectivity index (χ1n) is 3.06. The summed E-state index contributed by atoms with van der Waals surface area (Å²) in [6.45, 7) is 0. The first kappa shape index (κ1) is 5.96. The monoisotopic (exact) mass is 147 g/mol. The molecule has 5 nitrogen and oxygen atoms in total. The van der Waals surface area contributed by atoms with Crippen molar-refractivity contribution in [3.63, 3.8) is 0 Å². The fraction of sp³-hybridized carbons (Fsp3) is 0. The summed E-state index contributed by atoms with van der Waals surface area (Å²) in [4.78, 5) is 7.80. The van der Waals surface area contributed by atoms with Crippen molar-refractivity contribution in [2.24, 2.45) is 0 Å². The molecule has 2 aromatic heterocycles. The van der Waals surface area contributed by atoms with Gasteiger partial charge in [-0.15, -0.1) is 10.2 Å². The number of anilines is 1. The molecular weight excluding hydrogens is 142 g/mol. The second kappa shape index (κ2) is 2.12. The fourth-order valence-corrected chi connectivity index (χ4v) is 0.801. The van der Waals surface area contributed by atoms with E-state index in [0.717, 1.165) is 0 Å². The van der Waals surface area contributed by atoms with Gasteiger partial charge in [-0.3, -0.25) is 4.98 Å². The van der Waals surface area contributed by atoms with Crippen LogP contribution < -0.4 is 5.73 Å². The van der Waals surface area contributed by atoms with Crippen LogP contribution in [0.3, 0.4) is 0 Å². The molecule has 2 heterocycles. The molecular formula is C6H5N5. The van der Waals surface area contributed by atoms with E-state index in [1.165, 1.54) is 0 Å². The van der Waals surface area contributed by atoms with E-state index in [2.05, 4.69) is 20.2 Å². The van der Waals surface area contributed by atoms with Crippen molar-refractivity contribution >= 4 is 17.0 Å². The summed E-state index contributed by atoms with van der Waals surface area (Å²) < 4.78 is 0. The summed E-state index contributed by atoms with van der Waals surface area (Å²) in [5, 5.41) is 7.36. The van der Waals surface area contributed by atoms with Gasteiger partial charge in [-0.05, 0) is 6.07 Å². The Morgan fingerprint density at radius 2 is 2.09 bits per heavy atom. The molecule has 0 saturated heterocycles. The van der Waals surface area contributed by atoms with Crippen LogP contribution in [-0.2, 0) is 0 Å². The maximum absolute atomic E-state index is 5.32. The Morgan fingerprint density at radius 1 is 1.18 bits per heavy atom. The Kier molecular flexibility index (Phi) is 1.15. The van der Waals surface area contributed by atoms with Crippen LogP contribution in [0, 0.1) is 0 Å². The smallest absolute Gasteiger partial charge is 0.240 e. The van der Waals surface area contributed by atoms with Crippen LogP contribution in [0.1, 0.15) is 0 Å². The third kappa shape index (κ3) is 0.958. The average molecular weight is 147 g/mol. The van der Waals surface area contributed by atoms with E-state index in [1.54, 1.807) is 18.5 Å². The molecule has 0 aliphatic rings. The Morgan fingerprint density at radius 3 is 3.00 bits per heavy atom. The molecule has 0 radical (unpaired) electrons. The number of aromatic nitrogens is 4. The second-order valence-electron chi connectivity index (χ2n) is 2.03. The first-order chi connectivity index (χ1) is 5.36. The lowest BCUT2D eigenvalue weighted by molar-refractivity contribution is 1.03. The molecule has 0 aliphatic heterocycles. The molecule has 0 bridgehead atoms. The zero-order valence-electron chi connectivity index (χ0n) is 5.60. The standard InChI is InChI=1S/C6H5N5/c7-6-9-4-1-2-8-3-5(4)10-11-6/h1-3H,(H2,7,9,11). The number of hydrogen-bond donors (Lipinski definition) is 1. The molecule has 0 spiro atoms. The average Bonchev–Trinajstić information content (AvgIpc) is 2.04. The molecule has 54 valence electrons. The zero-order chi connectivity index (χ0) is 7.68. The second-order valence-corrected chi connectivity index (χ2v) is 2.03. The van der Waals surface area contributed by atoms with Gasteiger partial charge in [0.25, 0.3) is 0 Å². The van der Waals surface area contributed by atoms with Crippen molar-refractivity contribution in [2.45, 2.75) is 0 Å². The zero-order valence-corrected chi connectivity index (χ0v) is 5.60. The molecule has 0 amide bonds. The van der Waals surface area contributed by atoms with Crippen LogP contribution in [0.4, 0.5) is 5.95 Å². The summed E-state index contributed by atoms with van der Waals surface area (Å²) >= 11 is 0. The van der Waals surface area contributed by atoms with Gasteiger partial charge in [-0.25, -0.2) is 4.98 Å². The van der Waals surface area contributed by atoms with Crippen molar-refractivity contribution in [3.8, 4) is 0 Å². The molecule has 0 aliphatic carbocycles. The largest absolute Gasteiger partial charge is 0.366 e. The van der Waals surface area contributed by atoms with Crippen LogP contribution in [0.2, 0.25) is 0 Å². The van der Waals surface area contributed by atoms with Gasteiger partial charge in [0.05, 0.1) is 11.7 Å². The Balaban J connectivity index is 2.83. The van der Waals surface area contributed by atoms with Gasteiger partial charge in [0, 0.05) is 6.20 Å². The topological polar surface area (TPSA) is 77.6 Å². The molecule has 5 heteroatoms. The van der Waals surface area contributed by atoms with E-state index in [9.17, 15) is 0 Å². The summed E-state index contributed by atoms with van der Waals surface area (Å²) in [6, 6.07) is 1.74. The Hall–Kier alpha value is -1.78. The molecule has 0 atom stereocenters. The molecule has 2 aromatic rings. The highest BCUT2D eigenvalue weighted by Gasteiger charge is 1.95. The van der Waals surface area contributed by atoms with Gasteiger partial charge in [0.15, 0.2) is 0 Å². The molecule has 0 saturated carbocycles. The van der Waals surface area contributed by atoms with Crippen molar-refractivity contribution in [2.75, 3.05) is 5.73 Å². The minimum Gasteiger partial charge on any atom is -0.366 e. The third-order valence-corrected chi connectivity index (χ3v) is 1.27. The summed E-state index contributed by atoms with van der Waals surface area (Å²) in [5.74, 6) is 0.184. The van der Waals surface area contributed by atoms with E-state index in [4.69, 9.17) is 5.73 Å². The Bertz CT molecular complexity index is 385. The van der Waals surface area contributed by atoms with Gasteiger partial charge in [0.2, 0.25) is 5.95 Å². The highest BCUT2D eigenvalue weighted by atomic mass is 15.2. The predicted octanol–water partition coefficient (Wildman–Crippen LogP) is 0.00200. The number of nitrogens with zero attached hydrogens (tertiary/aromatic N) is 4. The summed E-state index contributed by atoms with van der Waals surface area (Å²) in [5.41, 5.74) is 6.69. The number of nitrogen functional groups attached to an aromatic ring is 1. The number of rotatable bonds is 0. The number of pyridine rings is 1. The maximum atomic E-state index is 5.32. The lowest BCUT2D eigenvalue weighted by Crippen LogP contribution is -1.97. The SMILES string of the molecule is Nc1nnc2cnccc2n1. The van der Waals surface area contributed by atoms with Gasteiger partial charge in [0.1, 0.15) is 5.52 Å². The molecule has 2 rings (SSSR count). The number of hydrogen-bond acceptors (Lipinski definition) is 5. The highest BCUT2D eigenvalue weighted by molar-refractivity contribution is 5.72. The van der Waals surface area contributed by atoms with Gasteiger partial charge < -0.3 is 5.73 Å². The van der Waals surface area contributed by atoms with Crippen LogP contribution in [0.25, 0.3) is 11.0 Å². The fourth-order valence-electron chi connectivity index (χ4n) is 0.801. The van der Waals surface area contributed by atoms with Crippen LogP contribution >= 0.6 is 0 Å². The van der Waals surface area contributed by atoms with Crippen molar-refractivity contribution in [1.29, 1.82) is 0 Å². The van der Waals surface area contributed by atoms with E-state index in [1.807, 2.05) is 0 Å². The maximum Gasteiger partial charge on any atom is 0.240 e. The predicted molar refractivity (Wildman–Crippen MR) is 39.5 cm³/mol. The lowest BCUT2D eigenvalue weighted by atomic mass is 10.4. The molecule has 2 N–H and O–H groups in total. The lowest BCUT2D eigenvalue weighted by Gasteiger charge is -1.92. The summed E-state index contributed by atoms with van der Waals surface area (Å²) in [6.07, 6.45) is 3.23. The van der Waals surface area contributed by atoms with Gasteiger partial charge in [-0.2, -0.15) is 0 Å². The van der Waals surface area contributed by atoms with Crippen molar-refractivity contribution in [1.82, 2.24) is 20.2 Å². The van der Waals surface area contributed by atoms with Crippen molar-refractivity contribution < 1.29 is 0 Å². The summed E-state index contributed by atoms with van der Waals surface area (Å²) in [7, 11) is 0. The molecule has 0 unspecified atom stereocenters. The van der Waals surface area contributed by atoms with E-state index in [0.29, 0.717) is 11.0 Å². The van der Waals surface area contributed by atoms with E-state index in [-0.39, 0.29) is 5.95 Å². The molecule has 0 fully saturated rings. The first-order valence-corrected chi connectivity index (χ1v) is 3.06. The highest BCUT2D eigenvalue weighted by Crippen LogP contribution is 2.04. The van der Waals surface area contributed by atoms with E-state index >= 15 is 0 Å². The number of nitrogens with two attached hydrogens (primary N) is 1. The Labute approximate surface area is 62.3 Å². The van der Waals surface area contributed by atoms with E-state index < -0.39 is 0 Å². The molecule has 11 heavy (non-hydrogen) atoms. The minimum atomic E-state index is 0.184.